The maximum atomic E-state index is 13.3. The number of hydrogen-bond donors (Lipinski definition) is 0. The van der Waals surface area contributed by atoms with E-state index in [2.05, 4.69) is 0 Å². The smallest absolute Gasteiger partial charge is 0.266 e. The number of carbonyl (C=O) groups is 1. The number of fused-ring (bicyclic) bond motifs is 1. The first-order chi connectivity index (χ1) is 14.4. The minimum atomic E-state index is -0.215. The quantitative estimate of drug-likeness (QED) is 0.317. The van der Waals surface area contributed by atoms with E-state index in [-0.39, 0.29) is 11.5 Å². The summed E-state index contributed by atoms with van der Waals surface area (Å²) in [5.41, 5.74) is 0.733. The van der Waals surface area contributed by atoms with Gasteiger partial charge in [0.25, 0.3) is 11.5 Å². The molecular formula is C22H19N3O2S3. The molecule has 1 aliphatic rings. The van der Waals surface area contributed by atoms with Crippen LogP contribution in [-0.4, -0.2) is 31.1 Å². The Balaban J connectivity index is 1.83. The molecule has 152 valence electrons. The number of nitrogens with zero attached hydrogens (tertiary/aromatic N) is 3. The van der Waals surface area contributed by atoms with Crippen molar-refractivity contribution in [2.75, 3.05) is 6.54 Å². The fraction of sp³-hybridized carbons (Fsp3) is 0.182. The summed E-state index contributed by atoms with van der Waals surface area (Å²) in [5.74, 6) is 0.135. The highest BCUT2D eigenvalue weighted by Gasteiger charge is 2.32. The van der Waals surface area contributed by atoms with Crippen LogP contribution in [0.5, 0.6) is 0 Å². The number of thioether (sulfide) groups is 1. The molecule has 1 saturated heterocycles. The van der Waals surface area contributed by atoms with E-state index in [0.29, 0.717) is 37.9 Å². The van der Waals surface area contributed by atoms with E-state index in [0.717, 1.165) is 4.90 Å². The first-order valence-corrected chi connectivity index (χ1v) is 11.5. The topological polar surface area (TPSA) is 54.7 Å². The van der Waals surface area contributed by atoms with Crippen LogP contribution in [0.4, 0.5) is 0 Å². The Morgan fingerprint density at radius 2 is 1.87 bits per heavy atom. The van der Waals surface area contributed by atoms with Gasteiger partial charge in [-0.25, -0.2) is 4.98 Å². The Morgan fingerprint density at radius 1 is 1.13 bits per heavy atom. The monoisotopic (exact) mass is 453 g/mol. The molecule has 0 bridgehead atoms. The molecule has 30 heavy (non-hydrogen) atoms. The minimum absolute atomic E-state index is 0.160. The van der Waals surface area contributed by atoms with E-state index in [9.17, 15) is 9.59 Å². The van der Waals surface area contributed by atoms with Gasteiger partial charge in [0.05, 0.1) is 10.5 Å². The number of benzene rings is 1. The SMILES string of the molecule is CC(C)CN1C(=O)C(=Cc2c(Sc3ccccc3)nc3ccccn3c2=O)SC1=S. The van der Waals surface area contributed by atoms with Crippen LogP contribution < -0.4 is 5.56 Å². The number of aromatic nitrogens is 2. The lowest BCUT2D eigenvalue weighted by Crippen LogP contribution is -2.31. The van der Waals surface area contributed by atoms with E-state index >= 15 is 0 Å². The Kier molecular flexibility index (Phi) is 6.08. The van der Waals surface area contributed by atoms with Crippen molar-refractivity contribution in [2.24, 2.45) is 5.92 Å². The Hall–Kier alpha value is -2.42. The predicted octanol–water partition coefficient (Wildman–Crippen LogP) is 4.70. The fourth-order valence-electron chi connectivity index (χ4n) is 3.04. The summed E-state index contributed by atoms with van der Waals surface area (Å²) in [4.78, 5) is 33.9. The highest BCUT2D eigenvalue weighted by molar-refractivity contribution is 8.26. The third-order valence-electron chi connectivity index (χ3n) is 4.39. The lowest BCUT2D eigenvalue weighted by molar-refractivity contribution is -0.122. The molecule has 1 aromatic carbocycles. The summed E-state index contributed by atoms with van der Waals surface area (Å²) in [5, 5.41) is 0.562. The maximum Gasteiger partial charge on any atom is 0.266 e. The third-order valence-corrected chi connectivity index (χ3v) is 6.78. The second kappa shape index (κ2) is 8.75. The van der Waals surface area contributed by atoms with Gasteiger partial charge in [-0.1, -0.05) is 73.9 Å². The number of pyridine rings is 1. The van der Waals surface area contributed by atoms with Crippen LogP contribution in [0.15, 0.2) is 74.3 Å². The van der Waals surface area contributed by atoms with Crippen molar-refractivity contribution in [1.82, 2.24) is 14.3 Å². The molecule has 4 rings (SSSR count). The molecule has 0 unspecified atom stereocenters. The molecular weight excluding hydrogens is 434 g/mol. The van der Waals surface area contributed by atoms with Gasteiger partial charge < -0.3 is 0 Å². The first kappa shape index (κ1) is 20.8. The lowest BCUT2D eigenvalue weighted by atomic mass is 10.2. The van der Waals surface area contributed by atoms with Crippen molar-refractivity contribution in [3.8, 4) is 0 Å². The summed E-state index contributed by atoms with van der Waals surface area (Å²) >= 11 is 8.04. The van der Waals surface area contributed by atoms with E-state index in [1.54, 1.807) is 29.3 Å². The normalized spacial score (nSPS) is 15.7. The largest absolute Gasteiger partial charge is 0.293 e. The summed E-state index contributed by atoms with van der Waals surface area (Å²) in [6.07, 6.45) is 3.32. The zero-order valence-corrected chi connectivity index (χ0v) is 18.9. The van der Waals surface area contributed by atoms with Crippen molar-refractivity contribution < 1.29 is 4.79 Å². The number of carbonyl (C=O) groups excluding carboxylic acids is 1. The molecule has 0 N–H and O–H groups in total. The number of thiocarbonyl (C=S) groups is 1. The third kappa shape index (κ3) is 4.21. The molecule has 3 heterocycles. The van der Waals surface area contributed by atoms with E-state index in [1.807, 2.05) is 50.2 Å². The number of amides is 1. The fourth-order valence-corrected chi connectivity index (χ4v) is 5.21. The van der Waals surface area contributed by atoms with Crippen LogP contribution in [0.3, 0.4) is 0 Å². The van der Waals surface area contributed by atoms with Gasteiger partial charge in [-0.3, -0.25) is 18.9 Å². The van der Waals surface area contributed by atoms with Crippen LogP contribution in [-0.2, 0) is 4.79 Å². The van der Waals surface area contributed by atoms with Gasteiger partial charge in [0.1, 0.15) is 15.0 Å². The van der Waals surface area contributed by atoms with E-state index in [1.165, 1.54) is 27.9 Å². The second-order valence-corrected chi connectivity index (χ2v) is 9.90. The summed E-state index contributed by atoms with van der Waals surface area (Å²) in [6.45, 7) is 4.63. The average Bonchev–Trinajstić information content (AvgIpc) is 2.98. The molecule has 1 amide bonds. The van der Waals surface area contributed by atoms with Gasteiger partial charge in [0.15, 0.2) is 0 Å². The molecule has 1 aliphatic heterocycles. The van der Waals surface area contributed by atoms with Crippen molar-refractivity contribution in [3.63, 3.8) is 0 Å². The summed E-state index contributed by atoms with van der Waals surface area (Å²) in [6, 6.07) is 15.2. The second-order valence-electron chi connectivity index (χ2n) is 7.17. The van der Waals surface area contributed by atoms with Gasteiger partial charge in [-0.2, -0.15) is 0 Å². The van der Waals surface area contributed by atoms with Crippen LogP contribution in [0.1, 0.15) is 19.4 Å². The lowest BCUT2D eigenvalue weighted by Gasteiger charge is -2.16. The molecule has 0 saturated carbocycles. The summed E-state index contributed by atoms with van der Waals surface area (Å²) in [7, 11) is 0. The standard InChI is InChI=1S/C22H19N3O2S3/c1-14(2)13-25-21(27)17(30-22(25)28)12-16-19(29-15-8-4-3-5-9-15)23-18-10-6-7-11-24(18)20(16)26/h3-12,14H,13H2,1-2H3. The minimum Gasteiger partial charge on any atom is -0.293 e. The highest BCUT2D eigenvalue weighted by atomic mass is 32.2. The van der Waals surface area contributed by atoms with Crippen molar-refractivity contribution in [3.05, 3.63) is 75.6 Å². The molecule has 0 radical (unpaired) electrons. The van der Waals surface area contributed by atoms with Gasteiger partial charge in [-0.15, -0.1) is 0 Å². The van der Waals surface area contributed by atoms with Crippen molar-refractivity contribution in [1.29, 1.82) is 0 Å². The van der Waals surface area contributed by atoms with E-state index < -0.39 is 0 Å². The van der Waals surface area contributed by atoms with Crippen molar-refractivity contribution in [2.45, 2.75) is 23.8 Å². The average molecular weight is 454 g/mol. The van der Waals surface area contributed by atoms with Gasteiger partial charge in [0.2, 0.25) is 0 Å². The number of rotatable bonds is 5. The van der Waals surface area contributed by atoms with Gasteiger partial charge >= 0.3 is 0 Å². The van der Waals surface area contributed by atoms with E-state index in [4.69, 9.17) is 17.2 Å². The van der Waals surface area contributed by atoms with Crippen molar-refractivity contribution >= 4 is 57.7 Å². The van der Waals surface area contributed by atoms with Crippen LogP contribution in [0.2, 0.25) is 0 Å². The first-order valence-electron chi connectivity index (χ1n) is 9.43. The molecule has 0 aliphatic carbocycles. The predicted molar refractivity (Wildman–Crippen MR) is 127 cm³/mol. The molecule has 0 atom stereocenters. The highest BCUT2D eigenvalue weighted by Crippen LogP contribution is 2.35. The molecule has 0 spiro atoms. The molecule has 3 aromatic rings. The zero-order chi connectivity index (χ0) is 21.3. The van der Waals surface area contributed by atoms with Gasteiger partial charge in [0, 0.05) is 17.6 Å². The summed E-state index contributed by atoms with van der Waals surface area (Å²) < 4.78 is 2.02. The Labute approximate surface area is 188 Å². The maximum absolute atomic E-state index is 13.3. The van der Waals surface area contributed by atoms with Gasteiger partial charge in [-0.05, 0) is 36.3 Å². The molecule has 8 heteroatoms. The zero-order valence-electron chi connectivity index (χ0n) is 16.4. The molecule has 1 fully saturated rings. The van der Waals surface area contributed by atoms with Crippen LogP contribution in [0, 0.1) is 5.92 Å². The Morgan fingerprint density at radius 3 is 2.60 bits per heavy atom. The molecule has 2 aromatic heterocycles. The molecule has 5 nitrogen and oxygen atoms in total. The van der Waals surface area contributed by atoms with Crippen LogP contribution >= 0.6 is 35.7 Å². The number of hydrogen-bond acceptors (Lipinski definition) is 6. The van der Waals surface area contributed by atoms with Crippen LogP contribution in [0.25, 0.3) is 11.7 Å². The Bertz CT molecular complexity index is 1220.